The number of nitrogens with one attached hydrogen (secondary N) is 1. The third-order valence-electron chi connectivity index (χ3n) is 5.82. The van der Waals surface area contributed by atoms with Crippen LogP contribution in [0, 0.1) is 0 Å². The summed E-state index contributed by atoms with van der Waals surface area (Å²) >= 11 is 0. The molecule has 180 valence electrons. The Labute approximate surface area is 198 Å². The van der Waals surface area contributed by atoms with Crippen LogP contribution in [0.3, 0.4) is 0 Å². The van der Waals surface area contributed by atoms with Gasteiger partial charge in [-0.05, 0) is 55.6 Å². The summed E-state index contributed by atoms with van der Waals surface area (Å²) in [6, 6.07) is 16.2. The summed E-state index contributed by atoms with van der Waals surface area (Å²) < 4.78 is 11.9. The van der Waals surface area contributed by atoms with E-state index in [0.717, 1.165) is 11.1 Å². The molecular weight excluding hydrogens is 434 g/mol. The summed E-state index contributed by atoms with van der Waals surface area (Å²) in [4.78, 5) is 24.8. The Hall–Kier alpha value is -2.64. The van der Waals surface area contributed by atoms with Gasteiger partial charge in [0.15, 0.2) is 14.4 Å². The molecule has 0 spiro atoms. The van der Waals surface area contributed by atoms with Gasteiger partial charge in [0.25, 0.3) is 0 Å². The highest BCUT2D eigenvalue weighted by Crippen LogP contribution is 2.41. The average molecular weight is 472 g/mol. The first-order valence-corrected chi connectivity index (χ1v) is 14.1. The standard InChI is InChI=1S/C26H37NO5Si/c1-25(2,3)31-24(30)27-21(23(28)29)22(32-33(7,8)26(4,5)6)20-16-14-19(15-17-20)18-12-10-9-11-13-18/h9-17,21-22H,1-8H3,(H,27,30)(H,28,29)/t21-,22+/m0/s1. The molecule has 6 nitrogen and oxygen atoms in total. The molecule has 0 aliphatic rings. The molecule has 0 heterocycles. The van der Waals surface area contributed by atoms with Gasteiger partial charge in [0.05, 0.1) is 0 Å². The Morgan fingerprint density at radius 2 is 1.39 bits per heavy atom. The molecule has 2 aromatic rings. The second-order valence-electron chi connectivity index (χ2n) is 10.7. The van der Waals surface area contributed by atoms with Crippen molar-refractivity contribution in [2.75, 3.05) is 0 Å². The normalized spacial score (nSPS) is 14.3. The third-order valence-corrected chi connectivity index (χ3v) is 10.3. The Morgan fingerprint density at radius 3 is 1.85 bits per heavy atom. The molecule has 0 unspecified atom stereocenters. The van der Waals surface area contributed by atoms with Gasteiger partial charge in [-0.2, -0.15) is 0 Å². The second kappa shape index (κ2) is 10.1. The van der Waals surface area contributed by atoms with E-state index in [4.69, 9.17) is 9.16 Å². The van der Waals surface area contributed by atoms with Crippen molar-refractivity contribution >= 4 is 20.4 Å². The predicted molar refractivity (Wildman–Crippen MR) is 134 cm³/mol. The van der Waals surface area contributed by atoms with Gasteiger partial charge in [0, 0.05) is 0 Å². The van der Waals surface area contributed by atoms with Gasteiger partial charge in [0.2, 0.25) is 0 Å². The Kier molecular flexibility index (Phi) is 8.14. The van der Waals surface area contributed by atoms with Crippen LogP contribution in [0.25, 0.3) is 11.1 Å². The van der Waals surface area contributed by atoms with Crippen molar-refractivity contribution in [3.63, 3.8) is 0 Å². The van der Waals surface area contributed by atoms with Crippen LogP contribution in [-0.2, 0) is 14.0 Å². The molecule has 33 heavy (non-hydrogen) atoms. The van der Waals surface area contributed by atoms with Gasteiger partial charge in [-0.15, -0.1) is 0 Å². The Bertz CT molecular complexity index is 943. The third kappa shape index (κ3) is 7.44. The monoisotopic (exact) mass is 471 g/mol. The van der Waals surface area contributed by atoms with Crippen LogP contribution in [0.1, 0.15) is 53.2 Å². The lowest BCUT2D eigenvalue weighted by atomic mass is 9.98. The predicted octanol–water partition coefficient (Wildman–Crippen LogP) is 6.39. The number of hydrogen-bond acceptors (Lipinski definition) is 4. The molecule has 7 heteroatoms. The zero-order valence-corrected chi connectivity index (χ0v) is 21.9. The van der Waals surface area contributed by atoms with Crippen LogP contribution < -0.4 is 5.32 Å². The fourth-order valence-electron chi connectivity index (χ4n) is 3.02. The Morgan fingerprint density at radius 1 is 0.879 bits per heavy atom. The maximum atomic E-state index is 12.5. The van der Waals surface area contributed by atoms with E-state index in [2.05, 4.69) is 39.2 Å². The van der Waals surface area contributed by atoms with Crippen molar-refractivity contribution in [2.24, 2.45) is 0 Å². The van der Waals surface area contributed by atoms with Crippen LogP contribution >= 0.6 is 0 Å². The first-order chi connectivity index (χ1) is 15.1. The number of benzene rings is 2. The van der Waals surface area contributed by atoms with Gasteiger partial charge in [-0.25, -0.2) is 9.59 Å². The SMILES string of the molecule is CC(C)(C)OC(=O)N[C@H](C(=O)O)[C@H](O[Si](C)(C)C(C)(C)C)c1ccc(-c2ccccc2)cc1. The highest BCUT2D eigenvalue weighted by Gasteiger charge is 2.43. The number of hydrogen-bond donors (Lipinski definition) is 2. The maximum Gasteiger partial charge on any atom is 0.408 e. The summed E-state index contributed by atoms with van der Waals surface area (Å²) in [6.45, 7) is 15.6. The van der Waals surface area contributed by atoms with E-state index in [-0.39, 0.29) is 5.04 Å². The number of carboxylic acid groups (broad SMARTS) is 1. The number of ether oxygens (including phenoxy) is 1. The fraction of sp³-hybridized carbons (Fsp3) is 0.462. The molecule has 0 saturated heterocycles. The molecule has 0 radical (unpaired) electrons. The highest BCUT2D eigenvalue weighted by molar-refractivity contribution is 6.74. The quantitative estimate of drug-likeness (QED) is 0.457. The number of carbonyl (C=O) groups is 2. The lowest BCUT2D eigenvalue weighted by Crippen LogP contribution is -2.51. The van der Waals surface area contributed by atoms with Crippen LogP contribution in [0.4, 0.5) is 4.79 Å². The van der Waals surface area contributed by atoms with Crippen molar-refractivity contribution in [1.29, 1.82) is 0 Å². The first kappa shape index (κ1) is 26.6. The van der Waals surface area contributed by atoms with Crippen molar-refractivity contribution in [3.8, 4) is 11.1 Å². The Balaban J connectivity index is 2.45. The van der Waals surface area contributed by atoms with E-state index < -0.39 is 38.1 Å². The molecule has 0 aromatic heterocycles. The molecule has 0 aliphatic carbocycles. The van der Waals surface area contributed by atoms with Crippen molar-refractivity contribution < 1.29 is 23.9 Å². The summed E-state index contributed by atoms with van der Waals surface area (Å²) in [6.07, 6.45) is -1.67. The molecule has 2 atom stereocenters. The summed E-state index contributed by atoms with van der Waals surface area (Å²) in [5.41, 5.74) is 2.01. The molecule has 2 rings (SSSR count). The van der Waals surface area contributed by atoms with E-state index in [1.807, 2.05) is 54.6 Å². The van der Waals surface area contributed by atoms with Crippen molar-refractivity contribution in [1.82, 2.24) is 5.32 Å². The molecule has 2 aromatic carbocycles. The maximum absolute atomic E-state index is 12.5. The lowest BCUT2D eigenvalue weighted by Gasteiger charge is -2.41. The molecule has 0 fully saturated rings. The van der Waals surface area contributed by atoms with E-state index in [9.17, 15) is 14.7 Å². The average Bonchev–Trinajstić information content (AvgIpc) is 2.69. The second-order valence-corrected chi connectivity index (χ2v) is 15.5. The van der Waals surface area contributed by atoms with Crippen molar-refractivity contribution in [2.45, 2.75) is 77.4 Å². The minimum absolute atomic E-state index is 0.149. The summed E-state index contributed by atoms with van der Waals surface area (Å²) in [7, 11) is -2.39. The van der Waals surface area contributed by atoms with Crippen LogP contribution in [0.5, 0.6) is 0 Å². The van der Waals surface area contributed by atoms with Crippen LogP contribution in [0.15, 0.2) is 54.6 Å². The minimum Gasteiger partial charge on any atom is -0.480 e. The highest BCUT2D eigenvalue weighted by atomic mass is 28.4. The van der Waals surface area contributed by atoms with Gasteiger partial charge in [-0.3, -0.25) is 0 Å². The van der Waals surface area contributed by atoms with Crippen molar-refractivity contribution in [3.05, 3.63) is 60.2 Å². The number of alkyl carbamates (subject to hydrolysis) is 1. The zero-order valence-electron chi connectivity index (χ0n) is 20.9. The van der Waals surface area contributed by atoms with Gasteiger partial charge in [-0.1, -0.05) is 75.4 Å². The van der Waals surface area contributed by atoms with E-state index >= 15 is 0 Å². The topological polar surface area (TPSA) is 84.9 Å². The fourth-order valence-corrected chi connectivity index (χ4v) is 4.28. The van der Waals surface area contributed by atoms with Crippen LogP contribution in [-0.4, -0.2) is 37.1 Å². The van der Waals surface area contributed by atoms with Crippen LogP contribution in [0.2, 0.25) is 18.1 Å². The minimum atomic E-state index is -2.39. The number of carbonyl (C=O) groups excluding carboxylic acids is 1. The van der Waals surface area contributed by atoms with E-state index in [0.29, 0.717) is 5.56 Å². The lowest BCUT2D eigenvalue weighted by molar-refractivity contribution is -0.142. The first-order valence-electron chi connectivity index (χ1n) is 11.2. The van der Waals surface area contributed by atoms with Gasteiger partial charge < -0.3 is 19.6 Å². The number of amides is 1. The smallest absolute Gasteiger partial charge is 0.408 e. The van der Waals surface area contributed by atoms with Gasteiger partial charge >= 0.3 is 12.1 Å². The zero-order chi connectivity index (χ0) is 25.0. The number of rotatable bonds is 7. The van der Waals surface area contributed by atoms with E-state index in [1.54, 1.807) is 20.8 Å². The molecular formula is C26H37NO5Si. The number of aliphatic carboxylic acids is 1. The summed E-state index contributed by atoms with van der Waals surface area (Å²) in [5.74, 6) is -1.18. The number of carboxylic acids is 1. The van der Waals surface area contributed by atoms with E-state index in [1.165, 1.54) is 0 Å². The largest absolute Gasteiger partial charge is 0.480 e. The molecule has 1 amide bonds. The summed E-state index contributed by atoms with van der Waals surface area (Å²) in [5, 5.41) is 12.4. The van der Waals surface area contributed by atoms with Gasteiger partial charge in [0.1, 0.15) is 11.7 Å². The molecule has 2 N–H and O–H groups in total. The molecule has 0 saturated carbocycles. The molecule has 0 aliphatic heterocycles. The molecule has 0 bridgehead atoms.